The maximum atomic E-state index is 10.3. The van der Waals surface area contributed by atoms with Crippen LogP contribution in [0, 0.1) is 0 Å². The molecule has 0 aromatic carbocycles. The van der Waals surface area contributed by atoms with E-state index in [-0.39, 0.29) is 32.2 Å². The largest absolute Gasteiger partial charge is 0.373 e. The van der Waals surface area contributed by atoms with E-state index < -0.39 is 11.6 Å². The molecule has 0 bridgehead atoms. The van der Waals surface area contributed by atoms with E-state index in [1.165, 1.54) is 0 Å². The van der Waals surface area contributed by atoms with Gasteiger partial charge >= 0.3 is 0 Å². The van der Waals surface area contributed by atoms with Crippen LogP contribution in [0.2, 0.25) is 0 Å². The van der Waals surface area contributed by atoms with Gasteiger partial charge in [-0.25, -0.2) is 0 Å². The zero-order chi connectivity index (χ0) is 9.40. The van der Waals surface area contributed by atoms with Gasteiger partial charge in [-0.2, -0.15) is 0 Å². The average molecular weight is 172 g/mol. The predicted octanol–water partition coefficient (Wildman–Crippen LogP) is -1.07. The van der Waals surface area contributed by atoms with Crippen molar-refractivity contribution in [1.29, 1.82) is 0 Å². The highest BCUT2D eigenvalue weighted by Crippen LogP contribution is 1.82. The number of aldehydes is 2. The Morgan fingerprint density at radius 3 is 2.17 bits per heavy atom. The summed E-state index contributed by atoms with van der Waals surface area (Å²) >= 11 is 0. The van der Waals surface area contributed by atoms with Crippen molar-refractivity contribution in [3.63, 3.8) is 0 Å². The lowest BCUT2D eigenvalue weighted by molar-refractivity contribution is -0.134. The molecule has 0 fully saturated rings. The molecule has 0 atom stereocenters. The third kappa shape index (κ3) is 5.43. The molecule has 66 valence electrons. The van der Waals surface area contributed by atoms with Crippen LogP contribution in [0.1, 0.15) is 6.42 Å². The maximum absolute atomic E-state index is 10.3. The van der Waals surface area contributed by atoms with Gasteiger partial charge in [-0.05, 0) is 0 Å². The molecule has 0 aliphatic rings. The van der Waals surface area contributed by atoms with Crippen LogP contribution >= 0.6 is 0 Å². The molecule has 0 saturated heterocycles. The minimum Gasteiger partial charge on any atom is -0.373 e. The van der Waals surface area contributed by atoms with Gasteiger partial charge in [0.25, 0.3) is 0 Å². The average Bonchev–Trinajstić information content (AvgIpc) is 2.11. The van der Waals surface area contributed by atoms with Crippen LogP contribution in [0.5, 0.6) is 0 Å². The summed E-state index contributed by atoms with van der Waals surface area (Å²) in [5.41, 5.74) is 0. The number of rotatable bonds is 7. The highest BCUT2D eigenvalue weighted by Gasteiger charge is 2.01. The van der Waals surface area contributed by atoms with Crippen molar-refractivity contribution >= 4 is 24.1 Å². The molecular formula is C7H8O5. The van der Waals surface area contributed by atoms with Crippen LogP contribution in [-0.2, 0) is 23.9 Å². The fourth-order valence-corrected chi connectivity index (χ4v) is 0.438. The predicted molar refractivity (Wildman–Crippen MR) is 37.6 cm³/mol. The Labute approximate surface area is 68.7 Å². The SMILES string of the molecule is O=CC(=O)CCOCC(=O)C=O. The lowest BCUT2D eigenvalue weighted by Gasteiger charge is -1.96. The van der Waals surface area contributed by atoms with E-state index in [1.54, 1.807) is 0 Å². The number of carbonyl (C=O) groups excluding carboxylic acids is 4. The van der Waals surface area contributed by atoms with E-state index in [1.807, 2.05) is 0 Å². The Balaban J connectivity index is 3.32. The van der Waals surface area contributed by atoms with E-state index in [0.717, 1.165) is 0 Å². The number of carbonyl (C=O) groups is 4. The highest BCUT2D eigenvalue weighted by atomic mass is 16.5. The first-order valence-electron chi connectivity index (χ1n) is 3.24. The van der Waals surface area contributed by atoms with Gasteiger partial charge < -0.3 is 4.74 Å². The summed E-state index contributed by atoms with van der Waals surface area (Å²) in [7, 11) is 0. The molecule has 0 saturated carbocycles. The second-order valence-electron chi connectivity index (χ2n) is 1.97. The first-order valence-corrected chi connectivity index (χ1v) is 3.24. The lowest BCUT2D eigenvalue weighted by atomic mass is 10.3. The van der Waals surface area contributed by atoms with Gasteiger partial charge in [0.2, 0.25) is 5.78 Å². The molecule has 5 heteroatoms. The molecule has 0 spiro atoms. The van der Waals surface area contributed by atoms with Crippen LogP contribution in [0.3, 0.4) is 0 Å². The van der Waals surface area contributed by atoms with Crippen molar-refractivity contribution in [1.82, 2.24) is 0 Å². The third-order valence-corrected chi connectivity index (χ3v) is 1.00. The second-order valence-corrected chi connectivity index (χ2v) is 1.97. The van der Waals surface area contributed by atoms with E-state index in [0.29, 0.717) is 0 Å². The van der Waals surface area contributed by atoms with Gasteiger partial charge in [-0.3, -0.25) is 19.2 Å². The zero-order valence-electron chi connectivity index (χ0n) is 6.32. The van der Waals surface area contributed by atoms with Gasteiger partial charge in [0, 0.05) is 6.42 Å². The number of ether oxygens (including phenoxy) is 1. The molecule has 0 amide bonds. The maximum Gasteiger partial charge on any atom is 0.220 e. The molecule has 0 aromatic rings. The molecule has 0 N–H and O–H groups in total. The summed E-state index contributed by atoms with van der Waals surface area (Å²) in [5.74, 6) is -1.28. The van der Waals surface area contributed by atoms with Crippen molar-refractivity contribution in [3.05, 3.63) is 0 Å². The standard InChI is InChI=1S/C7H8O5/c8-3-6(10)1-2-12-5-7(11)4-9/h3-4H,1-2,5H2. The number of ketones is 2. The quantitative estimate of drug-likeness (QED) is 0.277. The third-order valence-electron chi connectivity index (χ3n) is 1.00. The van der Waals surface area contributed by atoms with Crippen LogP contribution in [0.4, 0.5) is 0 Å². The molecule has 12 heavy (non-hydrogen) atoms. The van der Waals surface area contributed by atoms with Crippen molar-refractivity contribution in [2.45, 2.75) is 6.42 Å². The summed E-state index contributed by atoms with van der Waals surface area (Å²) in [5, 5.41) is 0. The first kappa shape index (κ1) is 10.6. The lowest BCUT2D eigenvalue weighted by Crippen LogP contribution is -2.12. The van der Waals surface area contributed by atoms with E-state index >= 15 is 0 Å². The summed E-state index contributed by atoms with van der Waals surface area (Å²) in [6.45, 7) is -0.354. The van der Waals surface area contributed by atoms with E-state index in [9.17, 15) is 19.2 Å². The second kappa shape index (κ2) is 6.36. The fourth-order valence-electron chi connectivity index (χ4n) is 0.438. The molecule has 5 nitrogen and oxygen atoms in total. The number of hydrogen-bond acceptors (Lipinski definition) is 5. The highest BCUT2D eigenvalue weighted by molar-refractivity contribution is 6.25. The topological polar surface area (TPSA) is 77.5 Å². The van der Waals surface area contributed by atoms with Gasteiger partial charge in [0.1, 0.15) is 6.61 Å². The van der Waals surface area contributed by atoms with Crippen molar-refractivity contribution in [3.8, 4) is 0 Å². The Bertz CT molecular complexity index is 174. The van der Waals surface area contributed by atoms with Gasteiger partial charge in [0.05, 0.1) is 6.61 Å². The summed E-state index contributed by atoms with van der Waals surface area (Å²) in [6, 6.07) is 0. The molecule has 0 heterocycles. The molecule has 0 aliphatic heterocycles. The molecule has 0 aliphatic carbocycles. The van der Waals surface area contributed by atoms with Gasteiger partial charge in [0.15, 0.2) is 18.4 Å². The Morgan fingerprint density at radius 2 is 1.67 bits per heavy atom. The van der Waals surface area contributed by atoms with E-state index in [2.05, 4.69) is 4.74 Å². The van der Waals surface area contributed by atoms with Crippen LogP contribution in [0.15, 0.2) is 0 Å². The minimum atomic E-state index is -0.687. The summed E-state index contributed by atoms with van der Waals surface area (Å²) < 4.78 is 4.60. The van der Waals surface area contributed by atoms with Crippen LogP contribution in [0.25, 0.3) is 0 Å². The molecule has 0 radical (unpaired) electrons. The van der Waals surface area contributed by atoms with Gasteiger partial charge in [-0.1, -0.05) is 0 Å². The molecule has 0 unspecified atom stereocenters. The van der Waals surface area contributed by atoms with Crippen LogP contribution in [-0.4, -0.2) is 37.4 Å². The summed E-state index contributed by atoms with van der Waals surface area (Å²) in [4.78, 5) is 40.1. The Morgan fingerprint density at radius 1 is 1.08 bits per heavy atom. The fraction of sp³-hybridized carbons (Fsp3) is 0.429. The number of Topliss-reactive ketones (excluding diaryl/α,β-unsaturated/α-hetero) is 2. The molecule has 0 aromatic heterocycles. The smallest absolute Gasteiger partial charge is 0.220 e. The Hall–Kier alpha value is -1.36. The van der Waals surface area contributed by atoms with Crippen LogP contribution < -0.4 is 0 Å². The van der Waals surface area contributed by atoms with Gasteiger partial charge in [-0.15, -0.1) is 0 Å². The van der Waals surface area contributed by atoms with Crippen molar-refractivity contribution in [2.75, 3.05) is 13.2 Å². The monoisotopic (exact) mass is 172 g/mol. The normalized spacial score (nSPS) is 9.00. The van der Waals surface area contributed by atoms with E-state index in [4.69, 9.17) is 0 Å². The Kier molecular flexibility index (Phi) is 5.64. The van der Waals surface area contributed by atoms with Crippen molar-refractivity contribution in [2.24, 2.45) is 0 Å². The minimum absolute atomic E-state index is 0.0167. The molecule has 0 rings (SSSR count). The molecular weight excluding hydrogens is 164 g/mol. The zero-order valence-corrected chi connectivity index (χ0v) is 6.32. The number of hydrogen-bond donors (Lipinski definition) is 0. The first-order chi connectivity index (χ1) is 5.70. The summed E-state index contributed by atoms with van der Waals surface area (Å²) in [6.07, 6.45) is 0.266. The van der Waals surface area contributed by atoms with Crippen molar-refractivity contribution < 1.29 is 23.9 Å².